The molecule has 21 heavy (non-hydrogen) atoms. The summed E-state index contributed by atoms with van der Waals surface area (Å²) < 4.78 is 0. The van der Waals surface area contributed by atoms with Gasteiger partial charge in [0.05, 0.1) is 0 Å². The van der Waals surface area contributed by atoms with E-state index in [4.69, 9.17) is 5.73 Å². The molecule has 0 bridgehead atoms. The first-order valence-electron chi connectivity index (χ1n) is 8.58. The Bertz CT molecular complexity index is 428. The van der Waals surface area contributed by atoms with Gasteiger partial charge in [0.1, 0.15) is 0 Å². The van der Waals surface area contributed by atoms with Crippen LogP contribution in [0.15, 0.2) is 10.9 Å². The average molecular weight is 296 g/mol. The van der Waals surface area contributed by atoms with Crippen LogP contribution in [0.5, 0.6) is 0 Å². The topological polar surface area (TPSA) is 71.8 Å². The van der Waals surface area contributed by atoms with Crippen LogP contribution in [-0.4, -0.2) is 9.97 Å². The smallest absolute Gasteiger partial charge is 0.252 e. The van der Waals surface area contributed by atoms with Gasteiger partial charge in [0, 0.05) is 11.8 Å². The van der Waals surface area contributed by atoms with Crippen LogP contribution in [0.1, 0.15) is 83.2 Å². The number of aromatic nitrogens is 2. The molecular weight excluding hydrogens is 265 g/mol. The molecule has 3 N–H and O–H groups in total. The van der Waals surface area contributed by atoms with Gasteiger partial charge in [-0.25, -0.2) is 4.98 Å². The van der Waals surface area contributed by atoms with Gasteiger partial charge in [0.2, 0.25) is 5.95 Å². The number of unbranched alkanes of at least 4 members (excludes halogenated alkanes) is 10. The summed E-state index contributed by atoms with van der Waals surface area (Å²) in [4.78, 5) is 17.8. The Morgan fingerprint density at radius 3 is 2.00 bits per heavy atom. The number of aryl methyl sites for hydroxylation is 1. The summed E-state index contributed by atoms with van der Waals surface area (Å²) in [5.74, 6) is 0.223. The summed E-state index contributed by atoms with van der Waals surface area (Å²) >= 11 is 0. The van der Waals surface area contributed by atoms with E-state index in [1.54, 1.807) is 6.07 Å². The van der Waals surface area contributed by atoms with Crippen LogP contribution in [0.2, 0.25) is 0 Å². The molecule has 0 aromatic carbocycles. The van der Waals surface area contributed by atoms with Crippen molar-refractivity contribution in [3.8, 4) is 0 Å². The highest BCUT2D eigenvalue weighted by Gasteiger charge is 1.99. The first-order chi connectivity index (χ1) is 10.2. The van der Waals surface area contributed by atoms with Gasteiger partial charge in [-0.3, -0.25) is 9.78 Å². The number of anilines is 1. The lowest BCUT2D eigenvalue weighted by Crippen LogP contribution is -2.11. The predicted octanol–water partition coefficient (Wildman–Crippen LogP) is 4.21. The van der Waals surface area contributed by atoms with Gasteiger partial charge in [-0.2, -0.15) is 0 Å². The van der Waals surface area contributed by atoms with Crippen molar-refractivity contribution in [2.24, 2.45) is 0 Å². The van der Waals surface area contributed by atoms with E-state index < -0.39 is 0 Å². The Hall–Kier alpha value is -1.32. The Kier molecular flexibility index (Phi) is 9.58. The third kappa shape index (κ3) is 9.27. The first-order valence-corrected chi connectivity index (χ1v) is 8.58. The second-order valence-electron chi connectivity index (χ2n) is 5.91. The van der Waals surface area contributed by atoms with Gasteiger partial charge in [0.15, 0.2) is 0 Å². The summed E-state index contributed by atoms with van der Waals surface area (Å²) in [6.45, 7) is 2.26. The zero-order valence-electron chi connectivity index (χ0n) is 13.5. The molecule has 0 aliphatic rings. The maximum atomic E-state index is 11.2. The van der Waals surface area contributed by atoms with Crippen molar-refractivity contribution in [2.75, 3.05) is 5.73 Å². The third-order valence-corrected chi connectivity index (χ3v) is 3.85. The van der Waals surface area contributed by atoms with Gasteiger partial charge >= 0.3 is 0 Å². The summed E-state index contributed by atoms with van der Waals surface area (Å²) in [7, 11) is 0. The molecule has 1 aromatic heterocycles. The Balaban J connectivity index is 1.94. The number of hydrogen-bond donors (Lipinski definition) is 2. The number of rotatable bonds is 12. The van der Waals surface area contributed by atoms with E-state index in [-0.39, 0.29) is 11.5 Å². The summed E-state index contributed by atoms with van der Waals surface area (Å²) in [5, 5.41) is 0. The molecule has 1 rings (SSSR count). The van der Waals surface area contributed by atoms with Gasteiger partial charge in [0.25, 0.3) is 5.56 Å². The molecule has 1 aromatic rings. The average Bonchev–Trinajstić information content (AvgIpc) is 2.44. The van der Waals surface area contributed by atoms with Crippen LogP contribution in [0.25, 0.3) is 0 Å². The van der Waals surface area contributed by atoms with Crippen molar-refractivity contribution < 1.29 is 0 Å². The van der Waals surface area contributed by atoms with Gasteiger partial charge in [-0.05, 0) is 12.8 Å². The molecule has 0 atom stereocenters. The summed E-state index contributed by atoms with van der Waals surface area (Å²) in [6.07, 6.45) is 15.4. The molecule has 4 heteroatoms. The van der Waals surface area contributed by atoms with Gasteiger partial charge in [-0.1, -0.05) is 71.1 Å². The van der Waals surface area contributed by atoms with Gasteiger partial charge < -0.3 is 5.73 Å². The number of H-pyrrole nitrogens is 1. The minimum atomic E-state index is -0.152. The Morgan fingerprint density at radius 1 is 0.952 bits per heavy atom. The van der Waals surface area contributed by atoms with E-state index >= 15 is 0 Å². The molecule has 120 valence electrons. The summed E-state index contributed by atoms with van der Waals surface area (Å²) in [5.41, 5.74) is 6.18. The van der Waals surface area contributed by atoms with Crippen LogP contribution in [-0.2, 0) is 6.42 Å². The molecule has 0 radical (unpaired) electrons. The first kappa shape index (κ1) is 17.7. The largest absolute Gasteiger partial charge is 0.369 e. The minimum absolute atomic E-state index is 0.152. The quantitative estimate of drug-likeness (QED) is 0.448. The maximum Gasteiger partial charge on any atom is 0.252 e. The number of hydrogen-bond acceptors (Lipinski definition) is 3. The van der Waals surface area contributed by atoms with Crippen molar-refractivity contribution in [1.82, 2.24) is 9.97 Å². The monoisotopic (exact) mass is 296 g/mol. The molecule has 0 spiro atoms. The highest BCUT2D eigenvalue weighted by Crippen LogP contribution is 2.12. The van der Waals surface area contributed by atoms with Crippen LogP contribution < -0.4 is 11.3 Å². The summed E-state index contributed by atoms with van der Waals surface area (Å²) in [6, 6.07) is 1.55. The van der Waals surface area contributed by atoms with Crippen molar-refractivity contribution in [1.29, 1.82) is 0 Å². The standard InChI is InChI=1S/C17H31N3O/c1-2-3-4-5-6-7-8-9-10-11-12-13-15-14-16(21)20-17(18)19-15/h14H,2-13H2,1H3,(H3,18,19,20,21)/i18+1,19+1,20+1. The second kappa shape index (κ2) is 11.4. The van der Waals surface area contributed by atoms with Crippen molar-refractivity contribution >= 4 is 5.95 Å². The lowest BCUT2D eigenvalue weighted by molar-refractivity contribution is 0.549. The molecule has 0 unspecified atom stereocenters. The SMILES string of the molecule is CCCCCCCCCCCCCc1cc(=O)[15nH]c([15NH2])[15n]1. The number of aromatic amines is 1. The van der Waals surface area contributed by atoms with Gasteiger partial charge in [-0.15, -0.1) is 0 Å². The zero-order valence-corrected chi connectivity index (χ0v) is 13.5. The minimum Gasteiger partial charge on any atom is -0.369 e. The van der Waals surface area contributed by atoms with Crippen molar-refractivity contribution in [3.05, 3.63) is 22.1 Å². The molecule has 0 aliphatic heterocycles. The van der Waals surface area contributed by atoms with E-state index in [1.807, 2.05) is 0 Å². The molecule has 1 heterocycles. The fraction of sp³-hybridized carbons (Fsp3) is 0.765. The van der Waals surface area contributed by atoms with E-state index in [9.17, 15) is 4.79 Å². The highest BCUT2D eigenvalue weighted by atomic mass is 16.2. The molecule has 0 saturated carbocycles. The molecule has 0 amide bonds. The zero-order chi connectivity index (χ0) is 15.3. The van der Waals surface area contributed by atoms with E-state index in [0.717, 1.165) is 18.5 Å². The third-order valence-electron chi connectivity index (χ3n) is 3.85. The second-order valence-corrected chi connectivity index (χ2v) is 5.91. The predicted molar refractivity (Wildman–Crippen MR) is 89.4 cm³/mol. The van der Waals surface area contributed by atoms with Crippen molar-refractivity contribution in [2.45, 2.75) is 84.0 Å². The van der Waals surface area contributed by atoms with E-state index in [1.165, 1.54) is 64.2 Å². The van der Waals surface area contributed by atoms with Crippen molar-refractivity contribution in [3.63, 3.8) is 0 Å². The molecule has 0 fully saturated rings. The number of nitrogens with two attached hydrogens (primary N) is 1. The number of nitrogens with one attached hydrogen (secondary N) is 1. The van der Waals surface area contributed by atoms with E-state index in [2.05, 4.69) is 16.9 Å². The van der Waals surface area contributed by atoms with Crippen LogP contribution >= 0.6 is 0 Å². The maximum absolute atomic E-state index is 11.2. The molecule has 4 nitrogen and oxygen atoms in total. The molecule has 0 saturated heterocycles. The fourth-order valence-electron chi connectivity index (χ4n) is 2.63. The van der Waals surface area contributed by atoms with E-state index in [0.29, 0.717) is 0 Å². The van der Waals surface area contributed by atoms with Crippen LogP contribution in [0.3, 0.4) is 0 Å². The normalized spacial score (nSPS) is 10.9. The number of nitrogens with zero attached hydrogens (tertiary/aromatic N) is 1. The lowest BCUT2D eigenvalue weighted by atomic mass is 10.0. The fourth-order valence-corrected chi connectivity index (χ4v) is 2.63. The Labute approximate surface area is 128 Å². The number of nitrogen functional groups attached to an aromatic ring is 1. The molecule has 0 aliphatic carbocycles. The Morgan fingerprint density at radius 2 is 1.48 bits per heavy atom. The highest BCUT2D eigenvalue weighted by molar-refractivity contribution is 5.17. The van der Waals surface area contributed by atoms with Crippen LogP contribution in [0.4, 0.5) is 5.95 Å². The molecular formula is C17H31N3O. The van der Waals surface area contributed by atoms with Crippen LogP contribution in [0, 0.1) is 0 Å². The lowest BCUT2D eigenvalue weighted by Gasteiger charge is -2.03.